The number of fused-ring (bicyclic) bond motifs is 3. The lowest BCUT2D eigenvalue weighted by Gasteiger charge is -2.56. The van der Waals surface area contributed by atoms with Gasteiger partial charge < -0.3 is 5.11 Å². The lowest BCUT2D eigenvalue weighted by Crippen LogP contribution is -2.59. The summed E-state index contributed by atoms with van der Waals surface area (Å²) in [5.41, 5.74) is 2.89. The Morgan fingerprint density at radius 2 is 2.24 bits per heavy atom. The van der Waals surface area contributed by atoms with Crippen molar-refractivity contribution in [1.29, 1.82) is 0 Å². The van der Waals surface area contributed by atoms with Gasteiger partial charge in [-0.1, -0.05) is 32.1 Å². The Kier molecular flexibility index (Phi) is 2.94. The number of rotatable bonds is 2. The maximum atomic E-state index is 9.93. The molecule has 1 heterocycles. The average Bonchev–Trinajstić information content (AvgIpc) is 2.48. The second kappa shape index (κ2) is 4.61. The van der Waals surface area contributed by atoms with Gasteiger partial charge in [0.2, 0.25) is 0 Å². The van der Waals surface area contributed by atoms with Crippen LogP contribution in [0.3, 0.4) is 0 Å². The molecule has 1 aromatic carbocycles. The van der Waals surface area contributed by atoms with Crippen LogP contribution < -0.4 is 0 Å². The third-order valence-corrected chi connectivity index (χ3v) is 6.06. The van der Waals surface area contributed by atoms with Crippen LogP contribution in [-0.4, -0.2) is 29.1 Å². The molecule has 1 aromatic rings. The summed E-state index contributed by atoms with van der Waals surface area (Å²) < 4.78 is 0. The van der Waals surface area contributed by atoms with Gasteiger partial charge in [0.05, 0.1) is 0 Å². The molecule has 21 heavy (non-hydrogen) atoms. The zero-order valence-corrected chi connectivity index (χ0v) is 13.0. The SMILES string of the molecule is CCCN1CC2C=C[C@]3(C)c4cc(O)ccc4CC1C3C2. The first-order valence-corrected chi connectivity index (χ1v) is 8.37. The highest BCUT2D eigenvalue weighted by Crippen LogP contribution is 2.52. The average molecular weight is 283 g/mol. The number of aromatic hydroxyl groups is 1. The lowest BCUT2D eigenvalue weighted by atomic mass is 9.55. The molecular formula is C19H25NO. The zero-order valence-electron chi connectivity index (χ0n) is 13.0. The smallest absolute Gasteiger partial charge is 0.115 e. The van der Waals surface area contributed by atoms with Crippen LogP contribution in [0.15, 0.2) is 30.4 Å². The van der Waals surface area contributed by atoms with Crippen LogP contribution in [0, 0.1) is 11.8 Å². The van der Waals surface area contributed by atoms with Crippen molar-refractivity contribution in [3.63, 3.8) is 0 Å². The van der Waals surface area contributed by atoms with Gasteiger partial charge in [-0.3, -0.25) is 4.90 Å². The molecule has 112 valence electrons. The highest BCUT2D eigenvalue weighted by atomic mass is 16.3. The summed E-state index contributed by atoms with van der Waals surface area (Å²) >= 11 is 0. The summed E-state index contributed by atoms with van der Waals surface area (Å²) in [7, 11) is 0. The van der Waals surface area contributed by atoms with E-state index < -0.39 is 0 Å². The highest BCUT2D eigenvalue weighted by Gasteiger charge is 2.50. The van der Waals surface area contributed by atoms with Crippen LogP contribution in [0.2, 0.25) is 0 Å². The van der Waals surface area contributed by atoms with E-state index in [2.05, 4.69) is 37.0 Å². The molecule has 0 saturated carbocycles. The van der Waals surface area contributed by atoms with Gasteiger partial charge >= 0.3 is 0 Å². The predicted octanol–water partition coefficient (Wildman–Crippen LogP) is 3.49. The van der Waals surface area contributed by atoms with Crippen molar-refractivity contribution in [2.24, 2.45) is 11.8 Å². The molecule has 2 aliphatic carbocycles. The molecule has 1 aliphatic heterocycles. The summed E-state index contributed by atoms with van der Waals surface area (Å²) in [6, 6.07) is 6.68. The largest absolute Gasteiger partial charge is 0.508 e. The monoisotopic (exact) mass is 283 g/mol. The van der Waals surface area contributed by atoms with Crippen molar-refractivity contribution < 1.29 is 5.11 Å². The quantitative estimate of drug-likeness (QED) is 0.840. The Morgan fingerprint density at radius 3 is 3.05 bits per heavy atom. The van der Waals surface area contributed by atoms with Crippen LogP contribution in [0.25, 0.3) is 0 Å². The Balaban J connectivity index is 1.85. The molecule has 0 spiro atoms. The summed E-state index contributed by atoms with van der Waals surface area (Å²) in [4.78, 5) is 2.73. The molecule has 1 N–H and O–H groups in total. The topological polar surface area (TPSA) is 23.5 Å². The van der Waals surface area contributed by atoms with Crippen molar-refractivity contribution in [3.8, 4) is 5.75 Å². The molecule has 3 unspecified atom stereocenters. The van der Waals surface area contributed by atoms with E-state index in [1.807, 2.05) is 12.1 Å². The highest BCUT2D eigenvalue weighted by molar-refractivity contribution is 5.47. The maximum absolute atomic E-state index is 9.93. The van der Waals surface area contributed by atoms with E-state index in [0.29, 0.717) is 17.7 Å². The standard InChI is InChI=1S/C19H25NO/c1-3-8-20-12-13-6-7-19(2)16-11-15(21)5-4-14(16)10-18(20)17(19)9-13/h4-7,11,13,17-18,21H,3,8-10,12H2,1-2H3/t13?,17?,18?,19-/m1/s1. The van der Waals surface area contributed by atoms with Crippen LogP contribution in [0.5, 0.6) is 5.75 Å². The third-order valence-electron chi connectivity index (χ3n) is 6.06. The van der Waals surface area contributed by atoms with Gasteiger partial charge in [-0.15, -0.1) is 0 Å². The van der Waals surface area contributed by atoms with Gasteiger partial charge in [0.25, 0.3) is 0 Å². The first kappa shape index (κ1) is 13.4. The van der Waals surface area contributed by atoms with Crippen molar-refractivity contribution in [2.45, 2.75) is 44.6 Å². The molecule has 2 nitrogen and oxygen atoms in total. The second-order valence-corrected chi connectivity index (χ2v) is 7.35. The number of piperidine rings is 1. The Hall–Kier alpha value is -1.28. The second-order valence-electron chi connectivity index (χ2n) is 7.35. The summed E-state index contributed by atoms with van der Waals surface area (Å²) in [5.74, 6) is 1.83. The molecule has 0 amide bonds. The molecule has 1 saturated heterocycles. The van der Waals surface area contributed by atoms with E-state index in [-0.39, 0.29) is 5.41 Å². The predicted molar refractivity (Wildman–Crippen MR) is 85.6 cm³/mol. The number of allylic oxidation sites excluding steroid dienone is 1. The summed E-state index contributed by atoms with van der Waals surface area (Å²) in [6.45, 7) is 7.11. The van der Waals surface area contributed by atoms with E-state index in [1.54, 1.807) is 0 Å². The van der Waals surface area contributed by atoms with E-state index >= 15 is 0 Å². The van der Waals surface area contributed by atoms with Crippen LogP contribution in [-0.2, 0) is 11.8 Å². The molecule has 0 radical (unpaired) electrons. The van der Waals surface area contributed by atoms with E-state index in [9.17, 15) is 5.11 Å². The number of phenols is 1. The van der Waals surface area contributed by atoms with Gasteiger partial charge in [0.1, 0.15) is 5.75 Å². The Labute approximate surface area is 127 Å². The minimum Gasteiger partial charge on any atom is -0.508 e. The van der Waals surface area contributed by atoms with Crippen molar-refractivity contribution in [2.75, 3.05) is 13.1 Å². The van der Waals surface area contributed by atoms with Crippen molar-refractivity contribution in [3.05, 3.63) is 41.5 Å². The minimum absolute atomic E-state index is 0.0971. The number of phenolic OH excluding ortho intramolecular Hbond substituents is 1. The van der Waals surface area contributed by atoms with Gasteiger partial charge in [-0.2, -0.15) is 0 Å². The van der Waals surface area contributed by atoms with Gasteiger partial charge in [0, 0.05) is 18.0 Å². The van der Waals surface area contributed by atoms with Gasteiger partial charge in [0.15, 0.2) is 0 Å². The third kappa shape index (κ3) is 1.88. The van der Waals surface area contributed by atoms with Crippen molar-refractivity contribution >= 4 is 0 Å². The number of nitrogens with zero attached hydrogens (tertiary/aromatic N) is 1. The molecule has 4 atom stereocenters. The van der Waals surface area contributed by atoms with Gasteiger partial charge in [-0.25, -0.2) is 0 Å². The lowest BCUT2D eigenvalue weighted by molar-refractivity contribution is 0.0244. The number of benzene rings is 1. The molecular weight excluding hydrogens is 258 g/mol. The van der Waals surface area contributed by atoms with E-state index in [1.165, 1.54) is 37.1 Å². The zero-order chi connectivity index (χ0) is 14.6. The molecule has 3 aliphatic rings. The Bertz CT molecular complexity index is 593. The summed E-state index contributed by atoms with van der Waals surface area (Å²) in [5, 5.41) is 9.93. The Morgan fingerprint density at radius 1 is 1.38 bits per heavy atom. The number of hydrogen-bond donors (Lipinski definition) is 1. The normalized spacial score (nSPS) is 37.3. The fraction of sp³-hybridized carbons (Fsp3) is 0.579. The molecule has 2 heteroatoms. The number of likely N-dealkylation sites (tertiary alicyclic amines) is 1. The molecule has 4 rings (SSSR count). The first-order valence-electron chi connectivity index (χ1n) is 8.37. The molecule has 0 aromatic heterocycles. The van der Waals surface area contributed by atoms with Crippen LogP contribution in [0.4, 0.5) is 0 Å². The fourth-order valence-electron chi connectivity index (χ4n) is 5.07. The van der Waals surface area contributed by atoms with Crippen LogP contribution in [0.1, 0.15) is 37.8 Å². The summed E-state index contributed by atoms with van der Waals surface area (Å²) in [6.07, 6.45) is 8.58. The maximum Gasteiger partial charge on any atom is 0.115 e. The molecule has 2 bridgehead atoms. The van der Waals surface area contributed by atoms with Crippen LogP contribution >= 0.6 is 0 Å². The van der Waals surface area contributed by atoms with E-state index in [4.69, 9.17) is 0 Å². The van der Waals surface area contributed by atoms with Gasteiger partial charge in [-0.05, 0) is 60.9 Å². The molecule has 1 fully saturated rings. The number of hydrogen-bond acceptors (Lipinski definition) is 2. The van der Waals surface area contributed by atoms with E-state index in [0.717, 1.165) is 12.3 Å². The minimum atomic E-state index is 0.0971. The van der Waals surface area contributed by atoms with Crippen molar-refractivity contribution in [1.82, 2.24) is 4.90 Å². The fourth-order valence-corrected chi connectivity index (χ4v) is 5.07. The first-order chi connectivity index (χ1) is 10.1.